The van der Waals surface area contributed by atoms with Gasteiger partial charge in [0.25, 0.3) is 0 Å². The lowest BCUT2D eigenvalue weighted by Gasteiger charge is -2.34. The van der Waals surface area contributed by atoms with Crippen LogP contribution >= 0.6 is 0 Å². The number of carbonyl (C=O) groups excluding carboxylic acids is 1. The van der Waals surface area contributed by atoms with Crippen molar-refractivity contribution < 1.29 is 9.90 Å². The van der Waals surface area contributed by atoms with Gasteiger partial charge in [0.05, 0.1) is 6.10 Å². The molecule has 0 aliphatic carbocycles. The number of primary amides is 1. The molecule has 3 N–H and O–H groups in total. The van der Waals surface area contributed by atoms with Crippen molar-refractivity contribution in [3.8, 4) is 0 Å². The van der Waals surface area contributed by atoms with Crippen LogP contribution in [0.25, 0.3) is 0 Å². The maximum atomic E-state index is 11.4. The smallest absolute Gasteiger partial charge is 0.240 e. The third-order valence-corrected chi connectivity index (χ3v) is 3.38. The van der Waals surface area contributed by atoms with E-state index in [1.165, 1.54) is 0 Å². The maximum absolute atomic E-state index is 11.4. The minimum absolute atomic E-state index is 0.261. The first-order chi connectivity index (χ1) is 8.59. The van der Waals surface area contributed by atoms with Gasteiger partial charge in [0.1, 0.15) is 11.9 Å². The molecule has 0 aromatic carbocycles. The minimum Gasteiger partial charge on any atom is -0.389 e. The van der Waals surface area contributed by atoms with Crippen LogP contribution < -0.4 is 10.6 Å². The number of nitrogens with zero attached hydrogens (tertiary/aromatic N) is 2. The average molecular weight is 249 g/mol. The Morgan fingerprint density at radius 1 is 1.56 bits per heavy atom. The SMILES string of the molecule is C[C@@H](O)c1ccc(N2CCCCC2C(N)=O)nc1. The minimum atomic E-state index is -0.528. The zero-order valence-corrected chi connectivity index (χ0v) is 10.5. The summed E-state index contributed by atoms with van der Waals surface area (Å²) in [5.41, 5.74) is 6.19. The van der Waals surface area contributed by atoms with E-state index in [1.807, 2.05) is 17.0 Å². The number of carbonyl (C=O) groups is 1. The topological polar surface area (TPSA) is 79.5 Å². The molecule has 2 rings (SSSR count). The van der Waals surface area contributed by atoms with Gasteiger partial charge >= 0.3 is 0 Å². The van der Waals surface area contributed by atoms with Gasteiger partial charge in [-0.15, -0.1) is 0 Å². The summed E-state index contributed by atoms with van der Waals surface area (Å²) in [5, 5.41) is 9.44. The number of amides is 1. The quantitative estimate of drug-likeness (QED) is 0.837. The van der Waals surface area contributed by atoms with Gasteiger partial charge in [-0.05, 0) is 37.8 Å². The van der Waals surface area contributed by atoms with Gasteiger partial charge in [-0.2, -0.15) is 0 Å². The van der Waals surface area contributed by atoms with Gasteiger partial charge in [0.15, 0.2) is 0 Å². The Morgan fingerprint density at radius 3 is 2.89 bits per heavy atom. The van der Waals surface area contributed by atoms with Crippen molar-refractivity contribution in [1.29, 1.82) is 0 Å². The van der Waals surface area contributed by atoms with Crippen LogP contribution in [0.2, 0.25) is 0 Å². The number of pyridine rings is 1. The molecule has 5 nitrogen and oxygen atoms in total. The number of hydrogen-bond acceptors (Lipinski definition) is 4. The summed E-state index contributed by atoms with van der Waals surface area (Å²) >= 11 is 0. The van der Waals surface area contributed by atoms with Crippen molar-refractivity contribution in [1.82, 2.24) is 4.98 Å². The number of aliphatic hydroxyl groups excluding tert-OH is 1. The molecule has 0 spiro atoms. The van der Waals surface area contributed by atoms with E-state index in [4.69, 9.17) is 5.73 Å². The summed E-state index contributed by atoms with van der Waals surface area (Å²) in [4.78, 5) is 17.7. The standard InChI is InChI=1S/C13H19N3O2/c1-9(17)10-5-6-12(15-8-10)16-7-3-2-4-11(16)13(14)18/h5-6,8-9,11,17H,2-4,7H2,1H3,(H2,14,18)/t9-,11?/m1/s1. The van der Waals surface area contributed by atoms with Crippen LogP contribution in [0.5, 0.6) is 0 Å². The van der Waals surface area contributed by atoms with E-state index < -0.39 is 6.10 Å². The lowest BCUT2D eigenvalue weighted by molar-refractivity contribution is -0.119. The highest BCUT2D eigenvalue weighted by Crippen LogP contribution is 2.24. The summed E-state index contributed by atoms with van der Waals surface area (Å²) in [6, 6.07) is 3.41. The van der Waals surface area contributed by atoms with Crippen molar-refractivity contribution in [3.05, 3.63) is 23.9 Å². The van der Waals surface area contributed by atoms with Gasteiger partial charge in [0.2, 0.25) is 5.91 Å². The molecular weight excluding hydrogens is 230 g/mol. The van der Waals surface area contributed by atoms with Crippen LogP contribution in [0.1, 0.15) is 37.9 Å². The molecule has 1 aliphatic rings. The van der Waals surface area contributed by atoms with Gasteiger partial charge in [-0.25, -0.2) is 4.98 Å². The monoisotopic (exact) mass is 249 g/mol. The predicted octanol–water partition coefficient (Wildman–Crippen LogP) is 0.979. The van der Waals surface area contributed by atoms with Crippen molar-refractivity contribution >= 4 is 11.7 Å². The number of nitrogens with two attached hydrogens (primary N) is 1. The molecule has 18 heavy (non-hydrogen) atoms. The molecule has 0 bridgehead atoms. The molecule has 2 atom stereocenters. The zero-order valence-electron chi connectivity index (χ0n) is 10.5. The van der Waals surface area contributed by atoms with Crippen molar-refractivity contribution in [2.75, 3.05) is 11.4 Å². The fraction of sp³-hybridized carbons (Fsp3) is 0.538. The Morgan fingerprint density at radius 2 is 2.33 bits per heavy atom. The van der Waals surface area contributed by atoms with E-state index in [9.17, 15) is 9.90 Å². The lowest BCUT2D eigenvalue weighted by Crippen LogP contribution is -2.48. The number of rotatable bonds is 3. The molecule has 0 saturated carbocycles. The summed E-state index contributed by atoms with van der Waals surface area (Å²) in [6.07, 6.45) is 3.97. The molecule has 1 saturated heterocycles. The number of aliphatic hydroxyl groups is 1. The lowest BCUT2D eigenvalue weighted by atomic mass is 10.0. The van der Waals surface area contributed by atoms with E-state index in [0.717, 1.165) is 37.2 Å². The zero-order chi connectivity index (χ0) is 13.1. The predicted molar refractivity (Wildman–Crippen MR) is 69.1 cm³/mol. The molecule has 2 heterocycles. The number of aromatic nitrogens is 1. The third kappa shape index (κ3) is 2.61. The highest BCUT2D eigenvalue weighted by atomic mass is 16.3. The van der Waals surface area contributed by atoms with Crippen LogP contribution in [0, 0.1) is 0 Å². The normalized spacial score (nSPS) is 21.7. The molecule has 98 valence electrons. The fourth-order valence-corrected chi connectivity index (χ4v) is 2.32. The van der Waals surface area contributed by atoms with Crippen LogP contribution in [0.3, 0.4) is 0 Å². The Balaban J connectivity index is 2.20. The van der Waals surface area contributed by atoms with Crippen molar-refractivity contribution in [2.45, 2.75) is 38.3 Å². The fourth-order valence-electron chi connectivity index (χ4n) is 2.32. The van der Waals surface area contributed by atoms with E-state index in [1.54, 1.807) is 13.1 Å². The van der Waals surface area contributed by atoms with Crippen LogP contribution in [-0.4, -0.2) is 28.6 Å². The van der Waals surface area contributed by atoms with Gasteiger partial charge < -0.3 is 15.7 Å². The molecule has 1 unspecified atom stereocenters. The van der Waals surface area contributed by atoms with Crippen molar-refractivity contribution in [3.63, 3.8) is 0 Å². The highest BCUT2D eigenvalue weighted by Gasteiger charge is 2.27. The molecule has 1 aromatic rings. The van der Waals surface area contributed by atoms with Crippen LogP contribution in [-0.2, 0) is 4.79 Å². The molecular formula is C13H19N3O2. The van der Waals surface area contributed by atoms with Gasteiger partial charge in [-0.1, -0.05) is 6.07 Å². The molecule has 1 aromatic heterocycles. The van der Waals surface area contributed by atoms with Gasteiger partial charge in [0, 0.05) is 12.7 Å². The summed E-state index contributed by atoms with van der Waals surface area (Å²) in [7, 11) is 0. The summed E-state index contributed by atoms with van der Waals surface area (Å²) in [6.45, 7) is 2.50. The van der Waals surface area contributed by atoms with E-state index in [-0.39, 0.29) is 11.9 Å². The second kappa shape index (κ2) is 5.35. The maximum Gasteiger partial charge on any atom is 0.240 e. The molecule has 1 amide bonds. The Kier molecular flexibility index (Phi) is 3.81. The average Bonchev–Trinajstić information content (AvgIpc) is 2.39. The highest BCUT2D eigenvalue weighted by molar-refractivity contribution is 5.83. The van der Waals surface area contributed by atoms with Gasteiger partial charge in [-0.3, -0.25) is 4.79 Å². The molecule has 1 fully saturated rings. The van der Waals surface area contributed by atoms with E-state index in [0.29, 0.717) is 0 Å². The van der Waals surface area contributed by atoms with Crippen molar-refractivity contribution in [2.24, 2.45) is 5.73 Å². The summed E-state index contributed by atoms with van der Waals surface area (Å²) in [5.74, 6) is 0.457. The van der Waals surface area contributed by atoms with E-state index >= 15 is 0 Å². The van der Waals surface area contributed by atoms with Crippen LogP contribution in [0.15, 0.2) is 18.3 Å². The Labute approximate surface area is 107 Å². The number of piperidine rings is 1. The first-order valence-electron chi connectivity index (χ1n) is 6.29. The second-order valence-corrected chi connectivity index (χ2v) is 4.73. The Bertz CT molecular complexity index is 417. The van der Waals surface area contributed by atoms with E-state index in [2.05, 4.69) is 4.98 Å². The molecule has 5 heteroatoms. The molecule has 0 radical (unpaired) electrons. The Hall–Kier alpha value is -1.62. The number of hydrogen-bond donors (Lipinski definition) is 2. The first kappa shape index (κ1) is 12.8. The summed E-state index contributed by atoms with van der Waals surface area (Å²) < 4.78 is 0. The van der Waals surface area contributed by atoms with Crippen LogP contribution in [0.4, 0.5) is 5.82 Å². The first-order valence-corrected chi connectivity index (χ1v) is 6.29. The third-order valence-electron chi connectivity index (χ3n) is 3.38. The number of anilines is 1. The second-order valence-electron chi connectivity index (χ2n) is 4.73. The largest absolute Gasteiger partial charge is 0.389 e. The molecule has 1 aliphatic heterocycles.